The molecule has 1 aliphatic carbocycles. The third kappa shape index (κ3) is 3.31. The number of aromatic nitrogens is 2. The van der Waals surface area contributed by atoms with Gasteiger partial charge in [0.2, 0.25) is 0 Å². The molecule has 0 amide bonds. The van der Waals surface area contributed by atoms with Crippen LogP contribution in [0.4, 0.5) is 0 Å². The summed E-state index contributed by atoms with van der Waals surface area (Å²) >= 11 is 0. The molecule has 3 atom stereocenters. The molecule has 19 heavy (non-hydrogen) atoms. The first-order valence-electron chi connectivity index (χ1n) is 7.44. The van der Waals surface area contributed by atoms with E-state index < -0.39 is 0 Å². The third-order valence-corrected chi connectivity index (χ3v) is 4.32. The van der Waals surface area contributed by atoms with Crippen LogP contribution in [0.3, 0.4) is 0 Å². The summed E-state index contributed by atoms with van der Waals surface area (Å²) in [5, 5.41) is 8.50. The Balaban J connectivity index is 2.27. The van der Waals surface area contributed by atoms with E-state index in [0.29, 0.717) is 5.92 Å². The Bertz CT molecular complexity index is 419. The molecule has 4 heteroatoms. The predicted molar refractivity (Wildman–Crippen MR) is 77.3 cm³/mol. The number of nitrogens with two attached hydrogens (primary N) is 1. The van der Waals surface area contributed by atoms with Crippen molar-refractivity contribution in [2.75, 3.05) is 0 Å². The Hall–Kier alpha value is -1.00. The highest BCUT2D eigenvalue weighted by molar-refractivity contribution is 5.25. The molecule has 0 bridgehead atoms. The van der Waals surface area contributed by atoms with Gasteiger partial charge in [0.15, 0.2) is 0 Å². The minimum absolute atomic E-state index is 0.215. The summed E-state index contributed by atoms with van der Waals surface area (Å²) < 4.78 is 0. The van der Waals surface area contributed by atoms with Crippen LogP contribution in [0.5, 0.6) is 0 Å². The van der Waals surface area contributed by atoms with Gasteiger partial charge in [0, 0.05) is 0 Å². The van der Waals surface area contributed by atoms with Crippen LogP contribution in [0, 0.1) is 18.8 Å². The number of nitrogens with one attached hydrogen (secondary N) is 1. The maximum Gasteiger partial charge on any atom is 0.0676 e. The average molecular weight is 262 g/mol. The highest BCUT2D eigenvalue weighted by Crippen LogP contribution is 2.37. The van der Waals surface area contributed by atoms with E-state index in [2.05, 4.69) is 35.5 Å². The van der Waals surface area contributed by atoms with Crippen molar-refractivity contribution in [3.63, 3.8) is 0 Å². The monoisotopic (exact) mass is 262 g/mol. The smallest absolute Gasteiger partial charge is 0.0676 e. The lowest BCUT2D eigenvalue weighted by Crippen LogP contribution is -2.36. The minimum atomic E-state index is 0.215. The van der Waals surface area contributed by atoms with Crippen molar-refractivity contribution in [1.82, 2.24) is 15.6 Å². The van der Waals surface area contributed by atoms with Gasteiger partial charge in [-0.1, -0.05) is 26.7 Å². The van der Waals surface area contributed by atoms with Crippen LogP contribution in [0.15, 0.2) is 6.07 Å². The molecule has 1 fully saturated rings. The molecular formula is C15H26N4. The second-order valence-electron chi connectivity index (χ2n) is 5.92. The summed E-state index contributed by atoms with van der Waals surface area (Å²) in [6.45, 7) is 6.46. The van der Waals surface area contributed by atoms with Gasteiger partial charge in [-0.05, 0) is 49.7 Å². The largest absolute Gasteiger partial charge is 0.271 e. The Morgan fingerprint density at radius 1 is 1.42 bits per heavy atom. The molecule has 0 spiro atoms. The van der Waals surface area contributed by atoms with E-state index in [1.165, 1.54) is 31.2 Å². The van der Waals surface area contributed by atoms with Crippen molar-refractivity contribution < 1.29 is 0 Å². The number of aryl methyl sites for hydroxylation is 2. The predicted octanol–water partition coefficient (Wildman–Crippen LogP) is 2.68. The molecule has 106 valence electrons. The minimum Gasteiger partial charge on any atom is -0.271 e. The number of hydrazine groups is 1. The van der Waals surface area contributed by atoms with Gasteiger partial charge in [-0.25, -0.2) is 0 Å². The van der Waals surface area contributed by atoms with Gasteiger partial charge >= 0.3 is 0 Å². The van der Waals surface area contributed by atoms with E-state index >= 15 is 0 Å². The lowest BCUT2D eigenvalue weighted by Gasteiger charge is -2.33. The molecule has 0 radical (unpaired) electrons. The van der Waals surface area contributed by atoms with Gasteiger partial charge in [-0.15, -0.1) is 0 Å². The van der Waals surface area contributed by atoms with Crippen molar-refractivity contribution in [3.05, 3.63) is 23.0 Å². The average Bonchev–Trinajstić information content (AvgIpc) is 2.40. The first-order chi connectivity index (χ1) is 9.15. The lowest BCUT2D eigenvalue weighted by atomic mass is 9.76. The topological polar surface area (TPSA) is 63.8 Å². The fraction of sp³-hybridized carbons (Fsp3) is 0.733. The van der Waals surface area contributed by atoms with Crippen LogP contribution < -0.4 is 11.3 Å². The summed E-state index contributed by atoms with van der Waals surface area (Å²) in [6.07, 6.45) is 6.07. The summed E-state index contributed by atoms with van der Waals surface area (Å²) in [7, 11) is 0. The van der Waals surface area contributed by atoms with E-state index in [-0.39, 0.29) is 6.04 Å². The molecule has 1 aromatic heterocycles. The van der Waals surface area contributed by atoms with Crippen molar-refractivity contribution in [2.45, 2.75) is 58.9 Å². The standard InChI is InChI=1S/C15H26N4/c1-4-14-13(9-11(3)18-19-14)15(17-16)12-7-5-6-10(2)8-12/h9-10,12,15,17H,4-8,16H2,1-3H3. The van der Waals surface area contributed by atoms with Crippen LogP contribution >= 0.6 is 0 Å². The lowest BCUT2D eigenvalue weighted by molar-refractivity contribution is 0.223. The van der Waals surface area contributed by atoms with Gasteiger partial charge < -0.3 is 0 Å². The van der Waals surface area contributed by atoms with Crippen LogP contribution in [-0.4, -0.2) is 10.2 Å². The van der Waals surface area contributed by atoms with Crippen LogP contribution in [-0.2, 0) is 6.42 Å². The Morgan fingerprint density at radius 3 is 2.84 bits per heavy atom. The van der Waals surface area contributed by atoms with E-state index in [9.17, 15) is 0 Å². The second kappa shape index (κ2) is 6.44. The Kier molecular flexibility index (Phi) is 4.88. The molecule has 1 aliphatic rings. The molecule has 0 aliphatic heterocycles. The maximum atomic E-state index is 5.86. The first kappa shape index (κ1) is 14.4. The molecular weight excluding hydrogens is 236 g/mol. The highest BCUT2D eigenvalue weighted by Gasteiger charge is 2.28. The molecule has 2 rings (SSSR count). The van der Waals surface area contributed by atoms with E-state index in [1.807, 2.05) is 6.92 Å². The fourth-order valence-electron chi connectivity index (χ4n) is 3.34. The Labute approximate surface area is 116 Å². The van der Waals surface area contributed by atoms with Gasteiger partial charge in [-0.2, -0.15) is 10.2 Å². The zero-order chi connectivity index (χ0) is 13.8. The van der Waals surface area contributed by atoms with E-state index in [1.54, 1.807) is 0 Å². The molecule has 1 saturated carbocycles. The van der Waals surface area contributed by atoms with Crippen molar-refractivity contribution >= 4 is 0 Å². The molecule has 3 unspecified atom stereocenters. The summed E-state index contributed by atoms with van der Waals surface area (Å²) in [4.78, 5) is 0. The van der Waals surface area contributed by atoms with Gasteiger partial charge in [0.1, 0.15) is 0 Å². The van der Waals surface area contributed by atoms with Crippen molar-refractivity contribution in [3.8, 4) is 0 Å². The van der Waals surface area contributed by atoms with Crippen LogP contribution in [0.25, 0.3) is 0 Å². The van der Waals surface area contributed by atoms with Gasteiger partial charge in [0.25, 0.3) is 0 Å². The SMILES string of the molecule is CCc1nnc(C)cc1C(NN)C1CCCC(C)C1. The zero-order valence-electron chi connectivity index (χ0n) is 12.3. The molecule has 1 heterocycles. The second-order valence-corrected chi connectivity index (χ2v) is 5.92. The van der Waals surface area contributed by atoms with Gasteiger partial charge in [0.05, 0.1) is 17.4 Å². The van der Waals surface area contributed by atoms with Crippen molar-refractivity contribution in [1.29, 1.82) is 0 Å². The van der Waals surface area contributed by atoms with Crippen LogP contribution in [0.1, 0.15) is 62.5 Å². The fourth-order valence-corrected chi connectivity index (χ4v) is 3.34. The maximum absolute atomic E-state index is 5.86. The van der Waals surface area contributed by atoms with Crippen LogP contribution in [0.2, 0.25) is 0 Å². The summed E-state index contributed by atoms with van der Waals surface area (Å²) in [5.41, 5.74) is 6.33. The number of hydrogen-bond donors (Lipinski definition) is 2. The normalized spacial score (nSPS) is 25.3. The molecule has 1 aromatic rings. The number of hydrogen-bond acceptors (Lipinski definition) is 4. The quantitative estimate of drug-likeness (QED) is 0.647. The van der Waals surface area contributed by atoms with E-state index in [0.717, 1.165) is 23.7 Å². The first-order valence-corrected chi connectivity index (χ1v) is 7.44. The Morgan fingerprint density at radius 2 is 2.21 bits per heavy atom. The summed E-state index contributed by atoms with van der Waals surface area (Å²) in [6, 6.07) is 2.36. The van der Waals surface area contributed by atoms with E-state index in [4.69, 9.17) is 5.84 Å². The molecule has 4 nitrogen and oxygen atoms in total. The molecule has 3 N–H and O–H groups in total. The molecule has 0 saturated heterocycles. The molecule has 0 aromatic carbocycles. The number of nitrogens with zero attached hydrogens (tertiary/aromatic N) is 2. The summed E-state index contributed by atoms with van der Waals surface area (Å²) in [5.74, 6) is 7.27. The van der Waals surface area contributed by atoms with Gasteiger partial charge in [-0.3, -0.25) is 11.3 Å². The zero-order valence-corrected chi connectivity index (χ0v) is 12.3. The van der Waals surface area contributed by atoms with Crippen molar-refractivity contribution in [2.24, 2.45) is 17.7 Å². The number of rotatable bonds is 4. The third-order valence-electron chi connectivity index (χ3n) is 4.32. The highest BCUT2D eigenvalue weighted by atomic mass is 15.2.